The molecule has 0 aliphatic carbocycles. The summed E-state index contributed by atoms with van der Waals surface area (Å²) in [7, 11) is 3.06. The molecule has 2 aromatic rings. The number of rotatable bonds is 2. The Morgan fingerprint density at radius 1 is 0.812 bits per heavy atom. The van der Waals surface area contributed by atoms with Gasteiger partial charge in [0.2, 0.25) is 11.8 Å². The zero-order valence-corrected chi connectivity index (χ0v) is 8.81. The van der Waals surface area contributed by atoms with Crippen LogP contribution in [0.3, 0.4) is 0 Å². The summed E-state index contributed by atoms with van der Waals surface area (Å²) in [4.78, 5) is 0. The molecule has 0 aromatic carbocycles. The van der Waals surface area contributed by atoms with Gasteiger partial charge in [-0.1, -0.05) is 10.2 Å². The normalized spacial score (nSPS) is 8.62. The van der Waals surface area contributed by atoms with E-state index in [0.717, 1.165) is 0 Å². The Hall–Kier alpha value is -2.38. The van der Waals surface area contributed by atoms with Crippen molar-refractivity contribution >= 4 is 0 Å². The molecule has 8 heteroatoms. The van der Waals surface area contributed by atoms with Crippen molar-refractivity contribution in [1.29, 1.82) is 0 Å². The summed E-state index contributed by atoms with van der Waals surface area (Å²) < 4.78 is 9.40. The van der Waals surface area contributed by atoms with Gasteiger partial charge in [-0.2, -0.15) is 0 Å². The quantitative estimate of drug-likeness (QED) is 0.686. The molecule has 0 fully saturated rings. The van der Waals surface area contributed by atoms with Crippen molar-refractivity contribution in [2.24, 2.45) is 0 Å². The maximum Gasteiger partial charge on any atom is 0.236 e. The van der Waals surface area contributed by atoms with Crippen molar-refractivity contribution < 1.29 is 9.47 Å². The third kappa shape index (κ3) is 4.22. The lowest BCUT2D eigenvalue weighted by Crippen LogP contribution is -1.89. The second kappa shape index (κ2) is 6.98. The summed E-state index contributed by atoms with van der Waals surface area (Å²) >= 11 is 0. The zero-order valence-electron chi connectivity index (χ0n) is 8.81. The largest absolute Gasteiger partial charge is 0.480 e. The average molecular weight is 222 g/mol. The van der Waals surface area contributed by atoms with E-state index in [9.17, 15) is 0 Å². The molecule has 0 amide bonds. The Labute approximate surface area is 91.6 Å². The monoisotopic (exact) mass is 222 g/mol. The topological polar surface area (TPSA) is 95.8 Å². The first-order valence-corrected chi connectivity index (χ1v) is 4.23. The van der Waals surface area contributed by atoms with Gasteiger partial charge >= 0.3 is 0 Å². The number of ether oxygens (including phenoxy) is 2. The lowest BCUT2D eigenvalue weighted by molar-refractivity contribution is 0.388. The summed E-state index contributed by atoms with van der Waals surface area (Å²) in [6.07, 6.45) is 3.04. The second-order valence-corrected chi connectivity index (χ2v) is 2.33. The highest BCUT2D eigenvalue weighted by molar-refractivity contribution is 5.01. The molecule has 0 radical (unpaired) electrons. The highest BCUT2D eigenvalue weighted by Crippen LogP contribution is 1.96. The van der Waals surface area contributed by atoms with Crippen molar-refractivity contribution in [3.8, 4) is 11.8 Å². The molecule has 0 spiro atoms. The van der Waals surface area contributed by atoms with Gasteiger partial charge in [0.1, 0.15) is 0 Å². The SMILES string of the molecule is COc1ccnnn1.COc1ccnnn1. The lowest BCUT2D eigenvalue weighted by atomic mass is 10.7. The molecule has 0 aliphatic rings. The van der Waals surface area contributed by atoms with Gasteiger partial charge < -0.3 is 9.47 Å². The van der Waals surface area contributed by atoms with Crippen molar-refractivity contribution in [2.75, 3.05) is 14.2 Å². The smallest absolute Gasteiger partial charge is 0.236 e. The van der Waals surface area contributed by atoms with Crippen LogP contribution in [0.4, 0.5) is 0 Å². The van der Waals surface area contributed by atoms with Crippen LogP contribution in [-0.4, -0.2) is 45.0 Å². The zero-order chi connectivity index (χ0) is 11.6. The first-order valence-electron chi connectivity index (χ1n) is 4.23. The molecule has 0 bridgehead atoms. The van der Waals surface area contributed by atoms with E-state index in [1.807, 2.05) is 0 Å². The fraction of sp³-hybridized carbons (Fsp3) is 0.250. The molecule has 0 atom stereocenters. The van der Waals surface area contributed by atoms with Gasteiger partial charge in [-0.15, -0.1) is 10.2 Å². The van der Waals surface area contributed by atoms with Gasteiger partial charge in [-0.25, -0.2) is 0 Å². The van der Waals surface area contributed by atoms with E-state index in [0.29, 0.717) is 11.8 Å². The first kappa shape index (κ1) is 11.7. The number of hydrogen-bond acceptors (Lipinski definition) is 8. The average Bonchev–Trinajstić information content (AvgIpc) is 2.41. The molecule has 0 unspecified atom stereocenters. The second-order valence-electron chi connectivity index (χ2n) is 2.33. The van der Waals surface area contributed by atoms with Gasteiger partial charge in [-0.05, 0) is 10.4 Å². The summed E-state index contributed by atoms with van der Waals surface area (Å²) in [6, 6.07) is 3.26. The van der Waals surface area contributed by atoms with Crippen molar-refractivity contribution in [3.05, 3.63) is 24.5 Å². The van der Waals surface area contributed by atoms with Gasteiger partial charge in [-0.3, -0.25) is 0 Å². The molecule has 0 aliphatic heterocycles. The molecule has 2 aromatic heterocycles. The molecule has 2 heterocycles. The fourth-order valence-electron chi connectivity index (χ4n) is 0.678. The minimum atomic E-state index is 0.486. The molecule has 0 saturated carbocycles. The van der Waals surface area contributed by atoms with Crippen LogP contribution in [-0.2, 0) is 0 Å². The number of aromatic nitrogens is 6. The molecule has 2 rings (SSSR count). The van der Waals surface area contributed by atoms with Gasteiger partial charge in [0.05, 0.1) is 26.6 Å². The van der Waals surface area contributed by atoms with Crippen molar-refractivity contribution in [1.82, 2.24) is 30.8 Å². The van der Waals surface area contributed by atoms with Crippen LogP contribution < -0.4 is 9.47 Å². The van der Waals surface area contributed by atoms with Crippen LogP contribution in [0, 0.1) is 0 Å². The Bertz CT molecular complexity index is 345. The highest BCUT2D eigenvalue weighted by Gasteiger charge is 1.85. The summed E-state index contributed by atoms with van der Waals surface area (Å²) in [5.74, 6) is 0.972. The molecule has 8 nitrogen and oxygen atoms in total. The summed E-state index contributed by atoms with van der Waals surface area (Å²) in [6.45, 7) is 0. The number of hydrogen-bond donors (Lipinski definition) is 0. The highest BCUT2D eigenvalue weighted by atomic mass is 16.5. The van der Waals surface area contributed by atoms with E-state index < -0.39 is 0 Å². The standard InChI is InChI=1S/2C4H5N3O/c2*1-8-4-2-3-5-7-6-4/h2*2-3H,1H3. The maximum absolute atomic E-state index is 4.70. The number of methoxy groups -OCH3 is 2. The van der Waals surface area contributed by atoms with E-state index in [4.69, 9.17) is 9.47 Å². The summed E-state index contributed by atoms with van der Waals surface area (Å²) in [5, 5.41) is 20.6. The third-order valence-corrected chi connectivity index (χ3v) is 1.38. The van der Waals surface area contributed by atoms with E-state index >= 15 is 0 Å². The fourth-order valence-corrected chi connectivity index (χ4v) is 0.678. The molecule has 0 saturated heterocycles. The van der Waals surface area contributed by atoms with E-state index in [1.54, 1.807) is 12.1 Å². The Balaban J connectivity index is 0.000000160. The first-order chi connectivity index (χ1) is 7.86. The third-order valence-electron chi connectivity index (χ3n) is 1.38. The molecule has 0 N–H and O–H groups in total. The van der Waals surface area contributed by atoms with Crippen molar-refractivity contribution in [3.63, 3.8) is 0 Å². The Morgan fingerprint density at radius 3 is 1.44 bits per heavy atom. The van der Waals surface area contributed by atoms with E-state index in [1.165, 1.54) is 26.6 Å². The molecule has 84 valence electrons. The molecular formula is C8H10N6O2. The maximum atomic E-state index is 4.70. The Kier molecular flexibility index (Phi) is 5.10. The summed E-state index contributed by atoms with van der Waals surface area (Å²) in [5.41, 5.74) is 0. The van der Waals surface area contributed by atoms with Crippen LogP contribution in [0.2, 0.25) is 0 Å². The van der Waals surface area contributed by atoms with E-state index in [2.05, 4.69) is 30.8 Å². The van der Waals surface area contributed by atoms with Crippen LogP contribution in [0.1, 0.15) is 0 Å². The van der Waals surface area contributed by atoms with Crippen LogP contribution in [0.15, 0.2) is 24.5 Å². The Morgan fingerprint density at radius 2 is 1.25 bits per heavy atom. The van der Waals surface area contributed by atoms with E-state index in [-0.39, 0.29) is 0 Å². The predicted molar refractivity (Wildman–Crippen MR) is 52.8 cm³/mol. The molecular weight excluding hydrogens is 212 g/mol. The van der Waals surface area contributed by atoms with Crippen LogP contribution in [0.25, 0.3) is 0 Å². The number of nitrogens with zero attached hydrogens (tertiary/aromatic N) is 6. The van der Waals surface area contributed by atoms with Crippen LogP contribution >= 0.6 is 0 Å². The predicted octanol–water partition coefficient (Wildman–Crippen LogP) is -0.240. The molecule has 16 heavy (non-hydrogen) atoms. The van der Waals surface area contributed by atoms with Gasteiger partial charge in [0.25, 0.3) is 0 Å². The van der Waals surface area contributed by atoms with Crippen LogP contribution in [0.5, 0.6) is 11.8 Å². The minimum absolute atomic E-state index is 0.486. The lowest BCUT2D eigenvalue weighted by Gasteiger charge is -1.90. The minimum Gasteiger partial charge on any atom is -0.480 e. The van der Waals surface area contributed by atoms with Crippen molar-refractivity contribution in [2.45, 2.75) is 0 Å². The van der Waals surface area contributed by atoms with Gasteiger partial charge in [0, 0.05) is 12.1 Å². The van der Waals surface area contributed by atoms with Gasteiger partial charge in [0.15, 0.2) is 0 Å².